The van der Waals surface area contributed by atoms with Crippen LogP contribution in [0.5, 0.6) is 0 Å². The highest BCUT2D eigenvalue weighted by atomic mass is 16.5. The van der Waals surface area contributed by atoms with Crippen LogP contribution in [0.2, 0.25) is 0 Å². The summed E-state index contributed by atoms with van der Waals surface area (Å²) in [7, 11) is 0. The molecule has 0 saturated carbocycles. The molecule has 104 valence electrons. The first-order valence-corrected chi connectivity index (χ1v) is 6.62. The third kappa shape index (κ3) is 3.67. The molecule has 0 amide bonds. The third-order valence-corrected chi connectivity index (χ3v) is 3.30. The van der Waals surface area contributed by atoms with Gasteiger partial charge in [-0.2, -0.15) is 0 Å². The number of hydrogen-bond donors (Lipinski definition) is 1. The van der Waals surface area contributed by atoms with E-state index in [1.165, 1.54) is 0 Å². The van der Waals surface area contributed by atoms with Gasteiger partial charge in [-0.3, -0.25) is 0 Å². The maximum atomic E-state index is 11.5. The van der Waals surface area contributed by atoms with Gasteiger partial charge in [-0.1, -0.05) is 0 Å². The zero-order valence-corrected chi connectivity index (χ0v) is 11.4. The van der Waals surface area contributed by atoms with Gasteiger partial charge in [0.25, 0.3) is 0 Å². The maximum Gasteiger partial charge on any atom is 0.339 e. The minimum Gasteiger partial charge on any atom is -0.462 e. The van der Waals surface area contributed by atoms with E-state index in [4.69, 9.17) is 9.47 Å². The molecule has 0 aromatic carbocycles. The second-order valence-corrected chi connectivity index (χ2v) is 4.95. The lowest BCUT2D eigenvalue weighted by atomic mass is 9.92. The number of nitrogens with one attached hydrogen (secondary N) is 1. The third-order valence-electron chi connectivity index (χ3n) is 3.30. The average Bonchev–Trinajstić information content (AvgIpc) is 2.40. The number of carbonyl (C=O) groups excluding carboxylic acids is 1. The molecule has 1 aliphatic rings. The van der Waals surface area contributed by atoms with E-state index < -0.39 is 0 Å². The van der Waals surface area contributed by atoms with Crippen molar-refractivity contribution in [3.8, 4) is 0 Å². The number of hydrogen-bond acceptors (Lipinski definition) is 5. The summed E-state index contributed by atoms with van der Waals surface area (Å²) >= 11 is 0. The lowest BCUT2D eigenvalue weighted by Crippen LogP contribution is -2.40. The molecule has 5 nitrogen and oxygen atoms in total. The van der Waals surface area contributed by atoms with E-state index in [2.05, 4.69) is 17.2 Å². The lowest BCUT2D eigenvalue weighted by Gasteiger charge is -2.34. The summed E-state index contributed by atoms with van der Waals surface area (Å²) in [6.45, 7) is 5.86. The predicted molar refractivity (Wildman–Crippen MR) is 72.3 cm³/mol. The van der Waals surface area contributed by atoms with Crippen molar-refractivity contribution >= 4 is 11.8 Å². The van der Waals surface area contributed by atoms with Gasteiger partial charge in [0.2, 0.25) is 0 Å². The van der Waals surface area contributed by atoms with Crippen LogP contribution in [0.25, 0.3) is 0 Å². The van der Waals surface area contributed by atoms with Crippen molar-refractivity contribution in [2.45, 2.75) is 32.2 Å². The van der Waals surface area contributed by atoms with Crippen LogP contribution in [0.3, 0.4) is 0 Å². The summed E-state index contributed by atoms with van der Waals surface area (Å²) in [5.41, 5.74) is 0.487. The minimum atomic E-state index is -0.334. The van der Waals surface area contributed by atoms with Crippen LogP contribution in [0, 0.1) is 0 Å². The maximum absolute atomic E-state index is 11.5. The Bertz CT molecular complexity index is 425. The molecule has 2 rings (SSSR count). The van der Waals surface area contributed by atoms with E-state index in [1.54, 1.807) is 19.2 Å². The number of rotatable bonds is 4. The van der Waals surface area contributed by atoms with Gasteiger partial charge in [0.15, 0.2) is 0 Å². The van der Waals surface area contributed by atoms with E-state index in [1.807, 2.05) is 6.07 Å². The molecule has 2 heterocycles. The summed E-state index contributed by atoms with van der Waals surface area (Å²) in [5.74, 6) is 0.441. The zero-order valence-electron chi connectivity index (χ0n) is 11.4. The van der Waals surface area contributed by atoms with E-state index >= 15 is 0 Å². The van der Waals surface area contributed by atoms with Crippen LogP contribution in [0.1, 0.15) is 37.0 Å². The van der Waals surface area contributed by atoms with E-state index in [0.29, 0.717) is 12.2 Å². The van der Waals surface area contributed by atoms with Gasteiger partial charge in [-0.15, -0.1) is 0 Å². The number of carbonyl (C=O) groups is 1. The molecule has 1 aliphatic heterocycles. The molecule has 1 aromatic heterocycles. The fourth-order valence-corrected chi connectivity index (χ4v) is 2.06. The van der Waals surface area contributed by atoms with Gasteiger partial charge in [0, 0.05) is 24.9 Å². The molecule has 19 heavy (non-hydrogen) atoms. The lowest BCUT2D eigenvalue weighted by molar-refractivity contribution is 0.0526. The summed E-state index contributed by atoms with van der Waals surface area (Å²) in [6.07, 6.45) is 3.45. The quantitative estimate of drug-likeness (QED) is 0.845. The highest BCUT2D eigenvalue weighted by Gasteiger charge is 2.27. The first kappa shape index (κ1) is 13.8. The molecule has 0 unspecified atom stereocenters. The molecule has 0 atom stereocenters. The van der Waals surface area contributed by atoms with Crippen LogP contribution in [0.4, 0.5) is 5.82 Å². The van der Waals surface area contributed by atoms with Crippen molar-refractivity contribution in [3.05, 3.63) is 23.9 Å². The Morgan fingerprint density at radius 1 is 1.47 bits per heavy atom. The van der Waals surface area contributed by atoms with Crippen molar-refractivity contribution in [1.29, 1.82) is 0 Å². The molecule has 1 aromatic rings. The Morgan fingerprint density at radius 2 is 2.21 bits per heavy atom. The molecule has 1 saturated heterocycles. The van der Waals surface area contributed by atoms with Gasteiger partial charge in [-0.05, 0) is 38.8 Å². The summed E-state index contributed by atoms with van der Waals surface area (Å²) in [5, 5.41) is 3.41. The highest BCUT2D eigenvalue weighted by Crippen LogP contribution is 2.24. The molecule has 0 spiro atoms. The minimum absolute atomic E-state index is 0.0106. The van der Waals surface area contributed by atoms with Crippen molar-refractivity contribution in [2.24, 2.45) is 0 Å². The van der Waals surface area contributed by atoms with Crippen LogP contribution in [0.15, 0.2) is 18.3 Å². The van der Waals surface area contributed by atoms with Gasteiger partial charge < -0.3 is 14.8 Å². The highest BCUT2D eigenvalue weighted by molar-refractivity contribution is 5.89. The molecule has 1 fully saturated rings. The van der Waals surface area contributed by atoms with E-state index in [9.17, 15) is 4.79 Å². The number of ether oxygens (including phenoxy) is 2. The number of pyridine rings is 1. The Kier molecular flexibility index (Phi) is 4.37. The van der Waals surface area contributed by atoms with Crippen molar-refractivity contribution in [3.63, 3.8) is 0 Å². The van der Waals surface area contributed by atoms with Crippen molar-refractivity contribution in [2.75, 3.05) is 25.1 Å². The zero-order chi connectivity index (χ0) is 13.7. The molecule has 0 radical (unpaired) electrons. The molecule has 1 N–H and O–H groups in total. The van der Waals surface area contributed by atoms with Gasteiger partial charge in [-0.25, -0.2) is 9.78 Å². The van der Waals surface area contributed by atoms with Crippen LogP contribution in [-0.4, -0.2) is 36.3 Å². The molecule has 5 heteroatoms. The van der Waals surface area contributed by atoms with E-state index in [-0.39, 0.29) is 11.5 Å². The summed E-state index contributed by atoms with van der Waals surface area (Å²) in [6, 6.07) is 3.54. The van der Waals surface area contributed by atoms with Crippen LogP contribution in [-0.2, 0) is 9.47 Å². The largest absolute Gasteiger partial charge is 0.462 e. The van der Waals surface area contributed by atoms with Crippen molar-refractivity contribution < 1.29 is 14.3 Å². The number of anilines is 1. The fraction of sp³-hybridized carbons (Fsp3) is 0.571. The number of nitrogens with zero attached hydrogens (tertiary/aromatic N) is 1. The van der Waals surface area contributed by atoms with Crippen LogP contribution < -0.4 is 5.32 Å². The normalized spacial score (nSPS) is 17.8. The number of aromatic nitrogens is 1. The Morgan fingerprint density at radius 3 is 2.79 bits per heavy atom. The first-order valence-electron chi connectivity index (χ1n) is 6.62. The average molecular weight is 264 g/mol. The van der Waals surface area contributed by atoms with Gasteiger partial charge in [0.05, 0.1) is 12.2 Å². The second-order valence-electron chi connectivity index (χ2n) is 4.95. The second kappa shape index (κ2) is 6.02. The Labute approximate surface area is 113 Å². The smallest absolute Gasteiger partial charge is 0.339 e. The SMILES string of the molecule is CCOC(=O)c1ccc(NC2(C)CCOCC2)nc1. The topological polar surface area (TPSA) is 60.5 Å². The monoisotopic (exact) mass is 264 g/mol. The standard InChI is InChI=1S/C14H20N2O3/c1-3-19-13(17)11-4-5-12(15-10-11)16-14(2)6-8-18-9-7-14/h4-5,10H,3,6-9H2,1-2H3,(H,15,16). The summed E-state index contributed by atoms with van der Waals surface area (Å²) in [4.78, 5) is 15.8. The molecular weight excluding hydrogens is 244 g/mol. The Balaban J connectivity index is 2.00. The molecule has 0 aliphatic carbocycles. The first-order chi connectivity index (χ1) is 9.13. The summed E-state index contributed by atoms with van der Waals surface area (Å²) < 4.78 is 10.3. The molecular formula is C14H20N2O3. The van der Waals surface area contributed by atoms with E-state index in [0.717, 1.165) is 31.9 Å². The Hall–Kier alpha value is -1.62. The fourth-order valence-electron chi connectivity index (χ4n) is 2.06. The predicted octanol–water partition coefficient (Wildman–Crippen LogP) is 2.24. The van der Waals surface area contributed by atoms with Crippen LogP contribution >= 0.6 is 0 Å². The van der Waals surface area contributed by atoms with Gasteiger partial charge in [0.1, 0.15) is 5.82 Å². The van der Waals surface area contributed by atoms with Gasteiger partial charge >= 0.3 is 5.97 Å². The number of esters is 1. The molecule has 0 bridgehead atoms. The van der Waals surface area contributed by atoms with Crippen molar-refractivity contribution in [1.82, 2.24) is 4.98 Å².